The molecule has 6 heteroatoms. The van der Waals surface area contributed by atoms with Crippen molar-refractivity contribution in [3.05, 3.63) is 35.9 Å². The lowest BCUT2D eigenvalue weighted by molar-refractivity contribution is -0.0166. The van der Waals surface area contributed by atoms with Gasteiger partial charge in [-0.2, -0.15) is 0 Å². The van der Waals surface area contributed by atoms with Gasteiger partial charge in [-0.05, 0) is 46.1 Å². The fraction of sp³-hybridized carbons (Fsp3) is 0.708. The van der Waals surface area contributed by atoms with Crippen LogP contribution in [0.4, 0.5) is 0 Å². The Bertz CT molecular complexity index is 652. The van der Waals surface area contributed by atoms with Gasteiger partial charge in [-0.15, -0.1) is 0 Å². The third-order valence-electron chi connectivity index (χ3n) is 6.43. The van der Waals surface area contributed by atoms with Crippen molar-refractivity contribution < 1.29 is 4.74 Å². The number of ether oxygens (including phenoxy) is 1. The van der Waals surface area contributed by atoms with E-state index in [1.54, 1.807) is 0 Å². The smallest absolute Gasteiger partial charge is 0.191 e. The molecule has 2 aliphatic heterocycles. The number of hydrogen-bond acceptors (Lipinski definition) is 4. The van der Waals surface area contributed by atoms with Gasteiger partial charge in [0.2, 0.25) is 0 Å². The fourth-order valence-electron chi connectivity index (χ4n) is 4.64. The van der Waals surface area contributed by atoms with Crippen molar-refractivity contribution in [2.75, 3.05) is 39.4 Å². The predicted molar refractivity (Wildman–Crippen MR) is 125 cm³/mol. The van der Waals surface area contributed by atoms with E-state index in [1.807, 2.05) is 0 Å². The zero-order valence-electron chi connectivity index (χ0n) is 19.3. The quantitative estimate of drug-likeness (QED) is 0.530. The van der Waals surface area contributed by atoms with Crippen LogP contribution in [0.5, 0.6) is 0 Å². The Morgan fingerprint density at radius 2 is 2.00 bits per heavy atom. The van der Waals surface area contributed by atoms with Crippen molar-refractivity contribution in [2.45, 2.75) is 71.2 Å². The second-order valence-electron chi connectivity index (χ2n) is 8.90. The number of rotatable bonds is 7. The average molecular weight is 416 g/mol. The zero-order chi connectivity index (χ0) is 21.3. The van der Waals surface area contributed by atoms with Crippen LogP contribution in [0.2, 0.25) is 0 Å². The molecule has 0 aromatic heterocycles. The van der Waals surface area contributed by atoms with Crippen LogP contribution in [0.15, 0.2) is 35.3 Å². The SMILES string of the molecule is CCNC(=NCC(C)N1CCOCC1C)NC1CCN(Cc2ccccc2)C(C)C1. The highest BCUT2D eigenvalue weighted by atomic mass is 16.5. The van der Waals surface area contributed by atoms with Gasteiger partial charge in [0.15, 0.2) is 5.96 Å². The number of piperidine rings is 1. The number of morpholine rings is 1. The number of aliphatic imine (C=N–C) groups is 1. The minimum absolute atomic E-state index is 0.422. The van der Waals surface area contributed by atoms with Gasteiger partial charge in [-0.3, -0.25) is 14.8 Å². The van der Waals surface area contributed by atoms with Gasteiger partial charge in [-0.1, -0.05) is 30.3 Å². The van der Waals surface area contributed by atoms with Crippen molar-refractivity contribution in [3.63, 3.8) is 0 Å². The summed E-state index contributed by atoms with van der Waals surface area (Å²) >= 11 is 0. The lowest BCUT2D eigenvalue weighted by Gasteiger charge is -2.39. The van der Waals surface area contributed by atoms with E-state index in [0.29, 0.717) is 24.2 Å². The van der Waals surface area contributed by atoms with Crippen molar-refractivity contribution >= 4 is 5.96 Å². The summed E-state index contributed by atoms with van der Waals surface area (Å²) in [6.45, 7) is 15.5. The molecule has 0 saturated carbocycles. The summed E-state index contributed by atoms with van der Waals surface area (Å²) in [6, 6.07) is 12.7. The predicted octanol–water partition coefficient (Wildman–Crippen LogP) is 2.70. The maximum atomic E-state index is 5.58. The summed E-state index contributed by atoms with van der Waals surface area (Å²) in [5.41, 5.74) is 1.40. The Balaban J connectivity index is 1.50. The molecule has 1 aromatic rings. The highest BCUT2D eigenvalue weighted by Crippen LogP contribution is 2.20. The van der Waals surface area contributed by atoms with Crippen LogP contribution in [0.1, 0.15) is 46.1 Å². The van der Waals surface area contributed by atoms with Crippen LogP contribution < -0.4 is 10.6 Å². The zero-order valence-corrected chi connectivity index (χ0v) is 19.3. The standard InChI is InChI=1S/C24H41N5O/c1-5-25-24(26-16-20(3)29-13-14-30-18-21(29)4)27-23-11-12-28(19(2)15-23)17-22-9-7-6-8-10-22/h6-10,19-21,23H,5,11-18H2,1-4H3,(H2,25,26,27). The molecule has 6 nitrogen and oxygen atoms in total. The second kappa shape index (κ2) is 11.7. The first-order valence-electron chi connectivity index (χ1n) is 11.7. The molecule has 4 unspecified atom stereocenters. The number of benzene rings is 1. The largest absolute Gasteiger partial charge is 0.379 e. The van der Waals surface area contributed by atoms with Gasteiger partial charge in [0, 0.05) is 50.3 Å². The molecular weight excluding hydrogens is 374 g/mol. The van der Waals surface area contributed by atoms with Crippen molar-refractivity contribution in [2.24, 2.45) is 4.99 Å². The first-order chi connectivity index (χ1) is 14.6. The average Bonchev–Trinajstić information content (AvgIpc) is 2.75. The maximum absolute atomic E-state index is 5.58. The topological polar surface area (TPSA) is 52.1 Å². The van der Waals surface area contributed by atoms with Gasteiger partial charge in [0.05, 0.1) is 19.8 Å². The van der Waals surface area contributed by atoms with Gasteiger partial charge >= 0.3 is 0 Å². The molecule has 2 N–H and O–H groups in total. The third-order valence-corrected chi connectivity index (χ3v) is 6.43. The fourth-order valence-corrected chi connectivity index (χ4v) is 4.64. The van der Waals surface area contributed by atoms with E-state index < -0.39 is 0 Å². The lowest BCUT2D eigenvalue weighted by atomic mass is 9.97. The lowest BCUT2D eigenvalue weighted by Crippen LogP contribution is -2.52. The molecule has 0 aliphatic carbocycles. The maximum Gasteiger partial charge on any atom is 0.191 e. The van der Waals surface area contributed by atoms with Crippen LogP contribution in [-0.2, 0) is 11.3 Å². The molecule has 2 aliphatic rings. The molecule has 168 valence electrons. The molecule has 0 radical (unpaired) electrons. The van der Waals surface area contributed by atoms with E-state index in [9.17, 15) is 0 Å². The summed E-state index contributed by atoms with van der Waals surface area (Å²) in [6.07, 6.45) is 2.30. The van der Waals surface area contributed by atoms with Crippen molar-refractivity contribution in [1.29, 1.82) is 0 Å². The van der Waals surface area contributed by atoms with E-state index in [2.05, 4.69) is 78.5 Å². The molecule has 0 amide bonds. The normalized spacial score (nSPS) is 27.6. The molecule has 3 rings (SSSR count). The first-order valence-corrected chi connectivity index (χ1v) is 11.7. The summed E-state index contributed by atoms with van der Waals surface area (Å²) in [7, 11) is 0. The van der Waals surface area contributed by atoms with Crippen LogP contribution in [0.3, 0.4) is 0 Å². The van der Waals surface area contributed by atoms with E-state index >= 15 is 0 Å². The number of nitrogens with zero attached hydrogens (tertiary/aromatic N) is 3. The van der Waals surface area contributed by atoms with E-state index in [0.717, 1.165) is 64.7 Å². The van der Waals surface area contributed by atoms with E-state index in [1.165, 1.54) is 5.56 Å². The summed E-state index contributed by atoms with van der Waals surface area (Å²) in [5.74, 6) is 0.957. The van der Waals surface area contributed by atoms with E-state index in [4.69, 9.17) is 9.73 Å². The number of likely N-dealkylation sites (tertiary alicyclic amines) is 1. The summed E-state index contributed by atoms with van der Waals surface area (Å²) in [4.78, 5) is 10.0. The van der Waals surface area contributed by atoms with Crippen molar-refractivity contribution in [1.82, 2.24) is 20.4 Å². The van der Waals surface area contributed by atoms with Crippen LogP contribution in [0, 0.1) is 0 Å². The van der Waals surface area contributed by atoms with Crippen LogP contribution >= 0.6 is 0 Å². The van der Waals surface area contributed by atoms with Crippen molar-refractivity contribution in [3.8, 4) is 0 Å². The molecule has 30 heavy (non-hydrogen) atoms. The number of nitrogens with one attached hydrogen (secondary N) is 2. The Kier molecular flexibility index (Phi) is 8.97. The molecule has 2 heterocycles. The molecule has 0 bridgehead atoms. The molecule has 0 spiro atoms. The molecular formula is C24H41N5O. The number of hydrogen-bond donors (Lipinski definition) is 2. The van der Waals surface area contributed by atoms with Gasteiger partial charge in [0.25, 0.3) is 0 Å². The summed E-state index contributed by atoms with van der Waals surface area (Å²) < 4.78 is 5.58. The minimum Gasteiger partial charge on any atom is -0.379 e. The Morgan fingerprint density at radius 3 is 2.70 bits per heavy atom. The minimum atomic E-state index is 0.422. The van der Waals surface area contributed by atoms with E-state index in [-0.39, 0.29) is 0 Å². The second-order valence-corrected chi connectivity index (χ2v) is 8.90. The van der Waals surface area contributed by atoms with Crippen LogP contribution in [-0.4, -0.2) is 79.3 Å². The summed E-state index contributed by atoms with van der Waals surface area (Å²) in [5, 5.41) is 7.16. The Hall–Kier alpha value is -1.63. The first kappa shape index (κ1) is 23.0. The van der Waals surface area contributed by atoms with Gasteiger partial charge < -0.3 is 15.4 Å². The molecule has 2 fully saturated rings. The highest BCUT2D eigenvalue weighted by Gasteiger charge is 2.26. The van der Waals surface area contributed by atoms with Crippen LogP contribution in [0.25, 0.3) is 0 Å². The Morgan fingerprint density at radius 1 is 1.20 bits per heavy atom. The molecule has 2 saturated heterocycles. The molecule has 1 aromatic carbocycles. The molecule has 4 atom stereocenters. The monoisotopic (exact) mass is 415 g/mol. The highest BCUT2D eigenvalue weighted by molar-refractivity contribution is 5.80. The Labute approximate surface area is 183 Å². The van der Waals surface area contributed by atoms with Gasteiger partial charge in [0.1, 0.15) is 0 Å². The van der Waals surface area contributed by atoms with Gasteiger partial charge in [-0.25, -0.2) is 0 Å². The number of guanidine groups is 1. The third kappa shape index (κ3) is 6.69.